The number of nitrogens with one attached hydrogen (secondary N) is 1. The number of hydrogen-bond donors (Lipinski definition) is 1. The first-order chi connectivity index (χ1) is 12.2. The van der Waals surface area contributed by atoms with Crippen molar-refractivity contribution < 1.29 is 9.13 Å². The fourth-order valence-corrected chi connectivity index (χ4v) is 2.35. The number of H-pyrrole nitrogens is 1. The zero-order chi connectivity index (χ0) is 17.6. The third-order valence-corrected chi connectivity index (χ3v) is 3.54. The van der Waals surface area contributed by atoms with Gasteiger partial charge in [0.1, 0.15) is 18.2 Å². The lowest BCUT2D eigenvalue weighted by atomic mass is 10.2. The third kappa shape index (κ3) is 3.82. The van der Waals surface area contributed by atoms with Crippen LogP contribution in [-0.4, -0.2) is 27.7 Å². The number of ether oxygens (including phenoxy) is 1. The van der Waals surface area contributed by atoms with Gasteiger partial charge in [0, 0.05) is 11.1 Å². The van der Waals surface area contributed by atoms with Crippen LogP contribution in [0.4, 0.5) is 4.39 Å². The van der Waals surface area contributed by atoms with Gasteiger partial charge in [0.15, 0.2) is 5.82 Å². The first-order valence-electron chi connectivity index (χ1n) is 7.32. The summed E-state index contributed by atoms with van der Waals surface area (Å²) in [6.45, 7) is 0.157. The largest absolute Gasteiger partial charge is 0.480 e. The average molecular weight is 352 g/mol. The van der Waals surface area contributed by atoms with Crippen LogP contribution in [0, 0.1) is 22.9 Å². The van der Waals surface area contributed by atoms with Crippen LogP contribution in [-0.2, 0) is 0 Å². The Labute approximate surface area is 148 Å². The van der Waals surface area contributed by atoms with E-state index in [1.165, 1.54) is 16.8 Å². The molecule has 3 aromatic rings. The zero-order valence-corrected chi connectivity index (χ0v) is 13.8. The summed E-state index contributed by atoms with van der Waals surface area (Å²) in [6.07, 6.45) is 6.81. The minimum absolute atomic E-state index is 0.157. The molecule has 5 nitrogen and oxygen atoms in total. The van der Waals surface area contributed by atoms with Crippen LogP contribution < -0.4 is 4.74 Å². The number of rotatable bonds is 5. The predicted octanol–water partition coefficient (Wildman–Crippen LogP) is 3.64. The molecule has 1 heterocycles. The van der Waals surface area contributed by atoms with E-state index in [0.717, 1.165) is 5.56 Å². The van der Waals surface area contributed by atoms with Gasteiger partial charge in [-0.05, 0) is 36.5 Å². The van der Waals surface area contributed by atoms with E-state index in [2.05, 4.69) is 21.2 Å². The molecule has 2 aromatic carbocycles. The average Bonchev–Trinajstić information content (AvgIpc) is 2.99. The van der Waals surface area contributed by atoms with Crippen molar-refractivity contribution in [2.75, 3.05) is 6.61 Å². The topological polar surface area (TPSA) is 55.2 Å². The Morgan fingerprint density at radius 2 is 2.16 bits per heavy atom. The van der Waals surface area contributed by atoms with Crippen molar-refractivity contribution in [1.82, 2.24) is 14.9 Å². The summed E-state index contributed by atoms with van der Waals surface area (Å²) < 4.78 is 20.7. The number of terminal acetylenes is 1. The van der Waals surface area contributed by atoms with E-state index in [4.69, 9.17) is 23.4 Å². The lowest BCUT2D eigenvalue weighted by molar-refractivity contribution is 0.370. The number of para-hydroxylation sites is 1. The molecule has 0 aliphatic heterocycles. The molecule has 124 valence electrons. The molecule has 3 rings (SSSR count). The SMILES string of the molecule is C#CCOc1ccccc1/C=N\n1c(-c2cccc(F)c2)n[nH]c1=S. The fourth-order valence-electron chi connectivity index (χ4n) is 2.17. The van der Waals surface area contributed by atoms with Gasteiger partial charge in [-0.1, -0.05) is 30.2 Å². The molecular weight excluding hydrogens is 339 g/mol. The van der Waals surface area contributed by atoms with E-state index in [9.17, 15) is 4.39 Å². The monoisotopic (exact) mass is 352 g/mol. The van der Waals surface area contributed by atoms with Crippen LogP contribution in [0.2, 0.25) is 0 Å². The van der Waals surface area contributed by atoms with Gasteiger partial charge in [0.25, 0.3) is 0 Å². The van der Waals surface area contributed by atoms with Crippen LogP contribution >= 0.6 is 12.2 Å². The van der Waals surface area contributed by atoms with Gasteiger partial charge in [-0.3, -0.25) is 0 Å². The van der Waals surface area contributed by atoms with Crippen LogP contribution in [0.15, 0.2) is 53.6 Å². The second-order valence-corrected chi connectivity index (χ2v) is 5.34. The highest BCUT2D eigenvalue weighted by Gasteiger charge is 2.09. The Balaban J connectivity index is 1.97. The minimum atomic E-state index is -0.366. The van der Waals surface area contributed by atoms with Crippen molar-refractivity contribution in [3.8, 4) is 29.5 Å². The maximum Gasteiger partial charge on any atom is 0.216 e. The van der Waals surface area contributed by atoms with E-state index in [0.29, 0.717) is 17.1 Å². The van der Waals surface area contributed by atoms with Crippen molar-refractivity contribution >= 4 is 18.4 Å². The Morgan fingerprint density at radius 1 is 1.32 bits per heavy atom. The second kappa shape index (κ2) is 7.55. The molecule has 0 spiro atoms. The summed E-state index contributed by atoms with van der Waals surface area (Å²) in [7, 11) is 0. The van der Waals surface area contributed by atoms with E-state index in [1.54, 1.807) is 24.4 Å². The molecule has 0 fully saturated rings. The molecule has 7 heteroatoms. The summed E-state index contributed by atoms with van der Waals surface area (Å²) in [4.78, 5) is 0. The van der Waals surface area contributed by atoms with Gasteiger partial charge in [0.2, 0.25) is 4.77 Å². The summed E-state index contributed by atoms with van der Waals surface area (Å²) in [5.41, 5.74) is 1.28. The lowest BCUT2D eigenvalue weighted by Crippen LogP contribution is -1.99. The summed E-state index contributed by atoms with van der Waals surface area (Å²) >= 11 is 5.20. The summed E-state index contributed by atoms with van der Waals surface area (Å²) in [5.74, 6) is 3.06. The van der Waals surface area contributed by atoms with E-state index < -0.39 is 0 Å². The number of nitrogens with zero attached hydrogens (tertiary/aromatic N) is 3. The molecule has 0 aliphatic rings. The zero-order valence-electron chi connectivity index (χ0n) is 13.0. The van der Waals surface area contributed by atoms with E-state index >= 15 is 0 Å². The van der Waals surface area contributed by atoms with Crippen molar-refractivity contribution in [2.24, 2.45) is 5.10 Å². The first kappa shape index (κ1) is 16.6. The van der Waals surface area contributed by atoms with Crippen LogP contribution in [0.25, 0.3) is 11.4 Å². The highest BCUT2D eigenvalue weighted by atomic mass is 32.1. The quantitative estimate of drug-likeness (QED) is 0.433. The maximum atomic E-state index is 13.5. The molecule has 0 aliphatic carbocycles. The molecule has 0 saturated carbocycles. The van der Waals surface area contributed by atoms with Crippen LogP contribution in [0.1, 0.15) is 5.56 Å². The first-order valence-corrected chi connectivity index (χ1v) is 7.73. The second-order valence-electron chi connectivity index (χ2n) is 4.95. The molecule has 0 atom stereocenters. The highest BCUT2D eigenvalue weighted by Crippen LogP contribution is 2.19. The molecule has 0 radical (unpaired) electrons. The Hall–Kier alpha value is -3.24. The van der Waals surface area contributed by atoms with Crippen molar-refractivity contribution in [1.29, 1.82) is 0 Å². The molecule has 25 heavy (non-hydrogen) atoms. The number of aromatic amines is 1. The molecule has 0 amide bonds. The fraction of sp³-hybridized carbons (Fsp3) is 0.0556. The van der Waals surface area contributed by atoms with Crippen molar-refractivity contribution in [2.45, 2.75) is 0 Å². The predicted molar refractivity (Wildman–Crippen MR) is 96.6 cm³/mol. The molecule has 1 aromatic heterocycles. The number of benzene rings is 2. The lowest BCUT2D eigenvalue weighted by Gasteiger charge is -2.06. The van der Waals surface area contributed by atoms with E-state index in [-0.39, 0.29) is 17.2 Å². The summed E-state index contributed by atoms with van der Waals surface area (Å²) in [6, 6.07) is 13.4. The Bertz CT molecular complexity index is 1020. The summed E-state index contributed by atoms with van der Waals surface area (Å²) in [5, 5.41) is 11.1. The van der Waals surface area contributed by atoms with Gasteiger partial charge >= 0.3 is 0 Å². The normalized spacial score (nSPS) is 10.7. The third-order valence-electron chi connectivity index (χ3n) is 3.28. The van der Waals surface area contributed by atoms with Crippen LogP contribution in [0.3, 0.4) is 0 Å². The molecule has 0 unspecified atom stereocenters. The Kier molecular flexibility index (Phi) is 5.02. The van der Waals surface area contributed by atoms with Gasteiger partial charge in [-0.2, -0.15) is 14.9 Å². The molecular formula is C18H13FN4OS. The number of halogens is 1. The molecule has 0 saturated heterocycles. The number of aromatic nitrogens is 3. The smallest absolute Gasteiger partial charge is 0.216 e. The highest BCUT2D eigenvalue weighted by molar-refractivity contribution is 7.71. The molecule has 1 N–H and O–H groups in total. The van der Waals surface area contributed by atoms with Gasteiger partial charge in [-0.25, -0.2) is 9.49 Å². The van der Waals surface area contributed by atoms with Crippen LogP contribution in [0.5, 0.6) is 5.75 Å². The van der Waals surface area contributed by atoms with Crippen molar-refractivity contribution in [3.63, 3.8) is 0 Å². The van der Waals surface area contributed by atoms with Crippen molar-refractivity contribution in [3.05, 3.63) is 64.7 Å². The van der Waals surface area contributed by atoms with Gasteiger partial charge in [0.05, 0.1) is 6.21 Å². The standard InChI is InChI=1S/C18H13FN4OS/c1-2-10-24-16-9-4-3-6-14(16)12-20-23-17(21-22-18(23)25)13-7-5-8-15(19)11-13/h1,3-9,11-12H,10H2,(H,22,25)/b20-12-. The van der Waals surface area contributed by atoms with E-state index in [1.807, 2.05) is 18.2 Å². The molecule has 0 bridgehead atoms. The van der Waals surface area contributed by atoms with Gasteiger partial charge in [-0.15, -0.1) is 6.42 Å². The number of hydrogen-bond acceptors (Lipinski definition) is 4. The van der Waals surface area contributed by atoms with Gasteiger partial charge < -0.3 is 4.74 Å². The Morgan fingerprint density at radius 3 is 2.96 bits per heavy atom. The maximum absolute atomic E-state index is 13.5. The minimum Gasteiger partial charge on any atom is -0.480 e.